The van der Waals surface area contributed by atoms with Crippen LogP contribution in [0.3, 0.4) is 0 Å². The van der Waals surface area contributed by atoms with Crippen molar-refractivity contribution >= 4 is 45.1 Å². The summed E-state index contributed by atoms with van der Waals surface area (Å²) in [7, 11) is 0. The van der Waals surface area contributed by atoms with Crippen molar-refractivity contribution < 1.29 is 18.3 Å². The molecular formula is C19H18Cl2F3N3O. The van der Waals surface area contributed by atoms with Crippen LogP contribution >= 0.6 is 23.2 Å². The van der Waals surface area contributed by atoms with Gasteiger partial charge in [-0.1, -0.05) is 23.2 Å². The zero-order valence-corrected chi connectivity index (χ0v) is 16.3. The van der Waals surface area contributed by atoms with Crippen molar-refractivity contribution in [3.8, 4) is 0 Å². The fourth-order valence-electron chi connectivity index (χ4n) is 3.93. The van der Waals surface area contributed by atoms with E-state index < -0.39 is 24.7 Å². The van der Waals surface area contributed by atoms with Gasteiger partial charge in [-0.3, -0.25) is 0 Å². The van der Waals surface area contributed by atoms with Gasteiger partial charge in [-0.15, -0.1) is 0 Å². The van der Waals surface area contributed by atoms with Crippen molar-refractivity contribution in [1.82, 2.24) is 14.5 Å². The van der Waals surface area contributed by atoms with Crippen molar-refractivity contribution in [3.05, 3.63) is 40.5 Å². The molecule has 1 aromatic carbocycles. The summed E-state index contributed by atoms with van der Waals surface area (Å²) >= 11 is 12.3. The summed E-state index contributed by atoms with van der Waals surface area (Å²) < 4.78 is 39.8. The Morgan fingerprint density at radius 1 is 1.14 bits per heavy atom. The molecule has 1 aliphatic heterocycles. The van der Waals surface area contributed by atoms with Crippen LogP contribution in [0, 0.1) is 0 Å². The maximum absolute atomic E-state index is 12.6. The van der Waals surface area contributed by atoms with E-state index in [1.54, 1.807) is 17.0 Å². The number of hydrogen-bond acceptors (Lipinski definition) is 3. The zero-order chi connectivity index (χ0) is 20.1. The lowest BCUT2D eigenvalue weighted by Crippen LogP contribution is -2.45. The summed E-state index contributed by atoms with van der Waals surface area (Å²) in [6.45, 7) is 0.647. The van der Waals surface area contributed by atoms with Crippen LogP contribution in [0.25, 0.3) is 21.9 Å². The molecule has 9 heteroatoms. The minimum atomic E-state index is -4.20. The first-order valence-electron chi connectivity index (χ1n) is 8.95. The topological polar surface area (TPSA) is 41.3 Å². The number of rotatable bonds is 3. The molecule has 1 fully saturated rings. The Morgan fingerprint density at radius 3 is 2.64 bits per heavy atom. The van der Waals surface area contributed by atoms with Gasteiger partial charge < -0.3 is 14.6 Å². The van der Waals surface area contributed by atoms with Crippen LogP contribution in [0.1, 0.15) is 18.9 Å². The van der Waals surface area contributed by atoms with Gasteiger partial charge in [0.15, 0.2) is 0 Å². The van der Waals surface area contributed by atoms with Crippen molar-refractivity contribution in [2.75, 3.05) is 19.6 Å². The van der Waals surface area contributed by atoms with E-state index >= 15 is 0 Å². The fraction of sp³-hybridized carbons (Fsp3) is 0.421. The van der Waals surface area contributed by atoms with Crippen molar-refractivity contribution in [3.63, 3.8) is 0 Å². The van der Waals surface area contributed by atoms with Gasteiger partial charge in [0.2, 0.25) is 0 Å². The molecule has 3 aromatic rings. The normalized spacial score (nSPS) is 21.6. The Labute approximate surface area is 169 Å². The van der Waals surface area contributed by atoms with E-state index in [9.17, 15) is 18.3 Å². The number of fused-ring (bicyclic) bond motifs is 3. The predicted octanol–water partition coefficient (Wildman–Crippen LogP) is 5.06. The molecule has 1 N–H and O–H groups in total. The lowest BCUT2D eigenvalue weighted by Gasteiger charge is -2.37. The Balaban J connectivity index is 1.78. The van der Waals surface area contributed by atoms with Gasteiger partial charge in [0, 0.05) is 41.6 Å². The molecule has 0 radical (unpaired) electrons. The SMILES string of the molecule is O[C@@H]1CCN(CCC(F)(F)F)C[C@H]1n1c2ccc(Cl)cc2c2cc(Cl)cnc21. The standard InChI is InChI=1S/C19H18Cl2F3N3O/c20-11-1-2-15-13(7-11)14-8-12(21)9-25-18(14)27(15)16-10-26(5-3-17(16)28)6-4-19(22,23)24/h1-2,7-9,16-17,28H,3-6,10H2/t16-,17-/m1/s1. The second-order valence-corrected chi connectivity index (χ2v) is 8.02. The van der Waals surface area contributed by atoms with Gasteiger partial charge in [-0.05, 0) is 30.7 Å². The molecule has 28 heavy (non-hydrogen) atoms. The van der Waals surface area contributed by atoms with Gasteiger partial charge in [-0.2, -0.15) is 13.2 Å². The quantitative estimate of drug-likeness (QED) is 0.630. The van der Waals surface area contributed by atoms with Gasteiger partial charge in [0.05, 0.1) is 29.1 Å². The molecule has 4 nitrogen and oxygen atoms in total. The van der Waals surface area contributed by atoms with Crippen molar-refractivity contribution in [1.29, 1.82) is 0 Å². The molecule has 0 spiro atoms. The van der Waals surface area contributed by atoms with E-state index in [4.69, 9.17) is 23.2 Å². The monoisotopic (exact) mass is 431 g/mol. The molecule has 0 unspecified atom stereocenters. The highest BCUT2D eigenvalue weighted by Gasteiger charge is 2.34. The van der Waals surface area contributed by atoms with E-state index in [1.807, 2.05) is 16.7 Å². The average molecular weight is 432 g/mol. The minimum Gasteiger partial charge on any atom is -0.391 e. The number of aliphatic hydroxyl groups excluding tert-OH is 1. The lowest BCUT2D eigenvalue weighted by molar-refractivity contribution is -0.139. The third-order valence-electron chi connectivity index (χ3n) is 5.24. The van der Waals surface area contributed by atoms with Crippen LogP contribution in [0.2, 0.25) is 10.0 Å². The smallest absolute Gasteiger partial charge is 0.390 e. The van der Waals surface area contributed by atoms with Crippen LogP contribution < -0.4 is 0 Å². The van der Waals surface area contributed by atoms with E-state index in [0.29, 0.717) is 35.2 Å². The van der Waals surface area contributed by atoms with E-state index in [0.717, 1.165) is 16.3 Å². The van der Waals surface area contributed by atoms with Gasteiger partial charge in [0.1, 0.15) is 5.65 Å². The third-order valence-corrected chi connectivity index (χ3v) is 5.69. The second kappa shape index (κ2) is 7.37. The Bertz CT molecular complexity index is 962. The maximum Gasteiger partial charge on any atom is 0.390 e. The fourth-order valence-corrected chi connectivity index (χ4v) is 4.26. The Morgan fingerprint density at radius 2 is 1.89 bits per heavy atom. The molecule has 0 bridgehead atoms. The first-order chi connectivity index (χ1) is 13.2. The molecule has 2 atom stereocenters. The number of piperidine rings is 1. The van der Waals surface area contributed by atoms with Crippen LogP contribution in [0.4, 0.5) is 13.2 Å². The Kier molecular flexibility index (Phi) is 5.20. The van der Waals surface area contributed by atoms with Gasteiger partial charge >= 0.3 is 6.18 Å². The number of alkyl halides is 3. The highest BCUT2D eigenvalue weighted by atomic mass is 35.5. The Hall–Kier alpha value is -1.54. The molecule has 3 heterocycles. The molecular weight excluding hydrogens is 414 g/mol. The number of pyridine rings is 1. The van der Waals surface area contributed by atoms with Crippen LogP contribution in [-0.4, -0.2) is 51.5 Å². The first-order valence-corrected chi connectivity index (χ1v) is 9.70. The van der Waals surface area contributed by atoms with Crippen molar-refractivity contribution in [2.24, 2.45) is 0 Å². The van der Waals surface area contributed by atoms with Crippen LogP contribution in [0.5, 0.6) is 0 Å². The minimum absolute atomic E-state index is 0.0884. The van der Waals surface area contributed by atoms with Gasteiger partial charge in [-0.25, -0.2) is 4.98 Å². The molecule has 150 valence electrons. The summed E-state index contributed by atoms with van der Waals surface area (Å²) in [5, 5.41) is 13.3. The highest BCUT2D eigenvalue weighted by molar-refractivity contribution is 6.33. The molecule has 4 rings (SSSR count). The summed E-state index contributed by atoms with van der Waals surface area (Å²) in [6, 6.07) is 6.77. The number of aliphatic hydroxyl groups is 1. The average Bonchev–Trinajstić information content (AvgIpc) is 2.93. The second-order valence-electron chi connectivity index (χ2n) is 7.15. The number of benzene rings is 1. The number of nitrogens with zero attached hydrogens (tertiary/aromatic N) is 3. The third kappa shape index (κ3) is 3.81. The van der Waals surface area contributed by atoms with Crippen LogP contribution in [0.15, 0.2) is 30.5 Å². The summed E-state index contributed by atoms with van der Waals surface area (Å²) in [5.74, 6) is 0. The number of aromatic nitrogens is 2. The molecule has 0 saturated carbocycles. The summed E-state index contributed by atoms with van der Waals surface area (Å²) in [6.07, 6.45) is -3.84. The van der Waals surface area contributed by atoms with Crippen molar-refractivity contribution in [2.45, 2.75) is 31.2 Å². The zero-order valence-electron chi connectivity index (χ0n) is 14.8. The summed E-state index contributed by atoms with van der Waals surface area (Å²) in [5.41, 5.74) is 1.44. The number of halogens is 5. The molecule has 1 saturated heterocycles. The summed E-state index contributed by atoms with van der Waals surface area (Å²) in [4.78, 5) is 6.19. The number of likely N-dealkylation sites (tertiary alicyclic amines) is 1. The van der Waals surface area contributed by atoms with E-state index in [1.165, 1.54) is 6.20 Å². The highest BCUT2D eigenvalue weighted by Crippen LogP contribution is 2.36. The largest absolute Gasteiger partial charge is 0.391 e. The van der Waals surface area contributed by atoms with E-state index in [2.05, 4.69) is 4.98 Å². The molecule has 0 amide bonds. The van der Waals surface area contributed by atoms with Gasteiger partial charge in [0.25, 0.3) is 0 Å². The molecule has 2 aromatic heterocycles. The molecule has 1 aliphatic rings. The first kappa shape index (κ1) is 19.8. The molecule has 0 aliphatic carbocycles. The van der Waals surface area contributed by atoms with Crippen LogP contribution in [-0.2, 0) is 0 Å². The van der Waals surface area contributed by atoms with E-state index in [-0.39, 0.29) is 6.54 Å². The predicted molar refractivity (Wildman–Crippen MR) is 104 cm³/mol. The lowest BCUT2D eigenvalue weighted by atomic mass is 10.0. The number of hydrogen-bond donors (Lipinski definition) is 1. The maximum atomic E-state index is 12.6.